The molecule has 84 valence electrons. The maximum atomic E-state index is 10.1. The van der Waals surface area contributed by atoms with Crippen molar-refractivity contribution in [1.82, 2.24) is 15.1 Å². The predicted octanol–water partition coefficient (Wildman–Crippen LogP) is 0.323. The topological polar surface area (TPSA) is 50.1 Å². The number of aryl methyl sites for hydroxylation is 1. The molecule has 1 fully saturated rings. The molecule has 0 amide bonds. The van der Waals surface area contributed by atoms with E-state index in [2.05, 4.69) is 10.4 Å². The summed E-state index contributed by atoms with van der Waals surface area (Å²) in [6.45, 7) is 2.06. The lowest BCUT2D eigenvalue weighted by Gasteiger charge is -2.26. The molecule has 0 aliphatic carbocycles. The first kappa shape index (κ1) is 10.6. The molecule has 2 rings (SSSR count). The first-order chi connectivity index (χ1) is 7.25. The van der Waals surface area contributed by atoms with Gasteiger partial charge in [0.25, 0.3) is 0 Å². The Balaban J connectivity index is 1.88. The van der Waals surface area contributed by atoms with Crippen molar-refractivity contribution < 1.29 is 5.11 Å². The Kier molecular flexibility index (Phi) is 3.38. The third-order valence-electron chi connectivity index (χ3n) is 3.12. The summed E-state index contributed by atoms with van der Waals surface area (Å²) in [6, 6.07) is 1.98. The van der Waals surface area contributed by atoms with Gasteiger partial charge < -0.3 is 10.4 Å². The summed E-state index contributed by atoms with van der Waals surface area (Å²) in [6.07, 6.45) is 4.53. The van der Waals surface area contributed by atoms with Crippen LogP contribution in [-0.2, 0) is 13.5 Å². The fourth-order valence-electron chi connectivity index (χ4n) is 2.18. The second-order valence-corrected chi connectivity index (χ2v) is 4.34. The molecule has 2 heterocycles. The number of aromatic nitrogens is 2. The van der Waals surface area contributed by atoms with E-state index in [1.165, 1.54) is 0 Å². The van der Waals surface area contributed by atoms with Crippen molar-refractivity contribution in [2.45, 2.75) is 25.4 Å². The summed E-state index contributed by atoms with van der Waals surface area (Å²) in [5.74, 6) is 0.438. The highest BCUT2D eigenvalue weighted by Gasteiger charge is 2.22. The van der Waals surface area contributed by atoms with E-state index in [1.807, 2.05) is 19.3 Å². The number of piperidine rings is 1. The van der Waals surface area contributed by atoms with E-state index < -0.39 is 0 Å². The molecule has 4 heteroatoms. The maximum absolute atomic E-state index is 10.1. The predicted molar refractivity (Wildman–Crippen MR) is 58.5 cm³/mol. The molecule has 0 radical (unpaired) electrons. The van der Waals surface area contributed by atoms with E-state index in [-0.39, 0.29) is 6.10 Å². The summed E-state index contributed by atoms with van der Waals surface area (Å²) in [5.41, 5.74) is 0.989. The lowest BCUT2D eigenvalue weighted by atomic mass is 9.90. The summed E-state index contributed by atoms with van der Waals surface area (Å²) in [5, 5.41) is 17.7. The number of aliphatic hydroxyl groups is 1. The van der Waals surface area contributed by atoms with Gasteiger partial charge in [0.05, 0.1) is 11.8 Å². The van der Waals surface area contributed by atoms with Gasteiger partial charge in [-0.15, -0.1) is 0 Å². The fraction of sp³-hybridized carbons (Fsp3) is 0.727. The molecule has 1 aromatic rings. The lowest BCUT2D eigenvalue weighted by molar-refractivity contribution is 0.0881. The van der Waals surface area contributed by atoms with Gasteiger partial charge in [-0.25, -0.2) is 0 Å². The highest BCUT2D eigenvalue weighted by molar-refractivity contribution is 5.01. The van der Waals surface area contributed by atoms with Gasteiger partial charge in [0.15, 0.2) is 0 Å². The number of hydrogen-bond donors (Lipinski definition) is 2. The Hall–Kier alpha value is -0.870. The van der Waals surface area contributed by atoms with Gasteiger partial charge in [-0.05, 0) is 37.9 Å². The van der Waals surface area contributed by atoms with E-state index >= 15 is 0 Å². The summed E-state index contributed by atoms with van der Waals surface area (Å²) in [4.78, 5) is 0. The molecule has 0 spiro atoms. The van der Waals surface area contributed by atoms with Gasteiger partial charge in [0, 0.05) is 19.7 Å². The Morgan fingerprint density at radius 3 is 2.93 bits per heavy atom. The molecule has 1 unspecified atom stereocenters. The van der Waals surface area contributed by atoms with Crippen molar-refractivity contribution in [2.75, 3.05) is 13.1 Å². The number of rotatable bonds is 3. The highest BCUT2D eigenvalue weighted by Crippen LogP contribution is 2.18. The van der Waals surface area contributed by atoms with Gasteiger partial charge in [0.2, 0.25) is 0 Å². The monoisotopic (exact) mass is 209 g/mol. The standard InChI is InChI=1S/C11H19N3O/c1-14-7-4-10(13-14)8-11(15)9-2-5-12-6-3-9/h4,7,9,11-12,15H,2-3,5-6,8H2,1H3. The maximum Gasteiger partial charge on any atom is 0.0650 e. The first-order valence-corrected chi connectivity index (χ1v) is 5.63. The van der Waals surface area contributed by atoms with Crippen LogP contribution in [0, 0.1) is 5.92 Å². The Bertz CT molecular complexity index is 305. The van der Waals surface area contributed by atoms with Crippen LogP contribution in [-0.4, -0.2) is 34.1 Å². The number of nitrogens with zero attached hydrogens (tertiary/aromatic N) is 2. The molecule has 0 aromatic carbocycles. The van der Waals surface area contributed by atoms with Crippen molar-refractivity contribution >= 4 is 0 Å². The molecule has 4 nitrogen and oxygen atoms in total. The Labute approximate surface area is 90.3 Å². The van der Waals surface area contributed by atoms with Crippen LogP contribution in [0.25, 0.3) is 0 Å². The molecule has 1 aliphatic rings. The minimum absolute atomic E-state index is 0.234. The average molecular weight is 209 g/mol. The highest BCUT2D eigenvalue weighted by atomic mass is 16.3. The van der Waals surface area contributed by atoms with Gasteiger partial charge in [-0.3, -0.25) is 4.68 Å². The Morgan fingerprint density at radius 1 is 1.60 bits per heavy atom. The number of nitrogens with one attached hydrogen (secondary N) is 1. The van der Waals surface area contributed by atoms with Crippen molar-refractivity contribution in [2.24, 2.45) is 13.0 Å². The first-order valence-electron chi connectivity index (χ1n) is 5.63. The molecule has 1 saturated heterocycles. The molecule has 1 aromatic heterocycles. The summed E-state index contributed by atoms with van der Waals surface area (Å²) >= 11 is 0. The number of hydrogen-bond acceptors (Lipinski definition) is 3. The molecule has 15 heavy (non-hydrogen) atoms. The molecule has 0 bridgehead atoms. The van der Waals surface area contributed by atoms with E-state index in [1.54, 1.807) is 4.68 Å². The summed E-state index contributed by atoms with van der Waals surface area (Å²) in [7, 11) is 1.90. The largest absolute Gasteiger partial charge is 0.392 e. The zero-order chi connectivity index (χ0) is 10.7. The molecule has 0 saturated carbocycles. The average Bonchev–Trinajstić information content (AvgIpc) is 2.65. The molecule has 1 atom stereocenters. The van der Waals surface area contributed by atoms with E-state index in [0.717, 1.165) is 31.6 Å². The van der Waals surface area contributed by atoms with Crippen molar-refractivity contribution in [3.63, 3.8) is 0 Å². The quantitative estimate of drug-likeness (QED) is 0.754. The lowest BCUT2D eigenvalue weighted by Crippen LogP contribution is -2.35. The van der Waals surface area contributed by atoms with Crippen LogP contribution < -0.4 is 5.32 Å². The van der Waals surface area contributed by atoms with Crippen molar-refractivity contribution in [3.8, 4) is 0 Å². The smallest absolute Gasteiger partial charge is 0.0650 e. The zero-order valence-electron chi connectivity index (χ0n) is 9.19. The molecular formula is C11H19N3O. The normalized spacial score (nSPS) is 20.4. The van der Waals surface area contributed by atoms with Crippen LogP contribution >= 0.6 is 0 Å². The fourth-order valence-corrected chi connectivity index (χ4v) is 2.18. The minimum Gasteiger partial charge on any atom is -0.392 e. The van der Waals surface area contributed by atoms with Crippen LogP contribution in [0.2, 0.25) is 0 Å². The zero-order valence-corrected chi connectivity index (χ0v) is 9.19. The van der Waals surface area contributed by atoms with Crippen LogP contribution in [0.3, 0.4) is 0 Å². The van der Waals surface area contributed by atoms with Crippen LogP contribution in [0.1, 0.15) is 18.5 Å². The van der Waals surface area contributed by atoms with Gasteiger partial charge in [-0.2, -0.15) is 5.10 Å². The van der Waals surface area contributed by atoms with Crippen LogP contribution in [0.5, 0.6) is 0 Å². The van der Waals surface area contributed by atoms with Gasteiger partial charge >= 0.3 is 0 Å². The SMILES string of the molecule is Cn1ccc(CC(O)C2CCNCC2)n1. The molecule has 2 N–H and O–H groups in total. The molecule has 1 aliphatic heterocycles. The molecular weight excluding hydrogens is 190 g/mol. The number of aliphatic hydroxyl groups excluding tert-OH is 1. The van der Waals surface area contributed by atoms with Crippen molar-refractivity contribution in [1.29, 1.82) is 0 Å². The van der Waals surface area contributed by atoms with Gasteiger partial charge in [-0.1, -0.05) is 0 Å². The van der Waals surface area contributed by atoms with E-state index in [4.69, 9.17) is 0 Å². The summed E-state index contributed by atoms with van der Waals surface area (Å²) < 4.78 is 1.78. The van der Waals surface area contributed by atoms with E-state index in [0.29, 0.717) is 12.3 Å². The van der Waals surface area contributed by atoms with Gasteiger partial charge in [0.1, 0.15) is 0 Å². The Morgan fingerprint density at radius 2 is 2.33 bits per heavy atom. The minimum atomic E-state index is -0.234. The second kappa shape index (κ2) is 4.77. The third-order valence-corrected chi connectivity index (χ3v) is 3.12. The van der Waals surface area contributed by atoms with E-state index in [9.17, 15) is 5.11 Å². The second-order valence-electron chi connectivity index (χ2n) is 4.34. The van der Waals surface area contributed by atoms with Crippen LogP contribution in [0.4, 0.5) is 0 Å². The third kappa shape index (κ3) is 2.79. The van der Waals surface area contributed by atoms with Crippen LogP contribution in [0.15, 0.2) is 12.3 Å². The van der Waals surface area contributed by atoms with Crippen molar-refractivity contribution in [3.05, 3.63) is 18.0 Å².